The number of aromatic nitrogens is 3. The Morgan fingerprint density at radius 3 is 3.00 bits per heavy atom. The maximum atomic E-state index is 6.30. The summed E-state index contributed by atoms with van der Waals surface area (Å²) in [6.45, 7) is 3.75. The first-order valence-corrected chi connectivity index (χ1v) is 6.33. The average Bonchev–Trinajstić information content (AvgIpc) is 2.91. The van der Waals surface area contributed by atoms with Gasteiger partial charge in [-0.05, 0) is 6.92 Å². The first-order valence-electron chi connectivity index (χ1n) is 5.95. The molecule has 0 unspecified atom stereocenters. The quantitative estimate of drug-likeness (QED) is 0.767. The Kier molecular flexibility index (Phi) is 2.57. The summed E-state index contributed by atoms with van der Waals surface area (Å²) in [5, 5.41) is 4.65. The van der Waals surface area contributed by atoms with Crippen molar-refractivity contribution in [3.05, 3.63) is 16.8 Å². The second kappa shape index (κ2) is 4.00. The van der Waals surface area contributed by atoms with Crippen LogP contribution in [0.2, 0.25) is 5.02 Å². The summed E-state index contributed by atoms with van der Waals surface area (Å²) in [6.07, 6.45) is 2.80. The number of fused-ring (bicyclic) bond motifs is 1. The lowest BCUT2D eigenvalue weighted by Crippen LogP contribution is -2.61. The van der Waals surface area contributed by atoms with Crippen molar-refractivity contribution in [1.29, 1.82) is 0 Å². The first kappa shape index (κ1) is 11.6. The molecule has 7 heteroatoms. The van der Waals surface area contributed by atoms with Gasteiger partial charge in [-0.15, -0.1) is 0 Å². The molecule has 1 saturated heterocycles. The van der Waals surface area contributed by atoms with E-state index in [-0.39, 0.29) is 0 Å². The smallest absolute Gasteiger partial charge is 0.162 e. The van der Waals surface area contributed by atoms with Crippen LogP contribution in [0.4, 0.5) is 11.6 Å². The van der Waals surface area contributed by atoms with E-state index in [4.69, 9.17) is 17.3 Å². The van der Waals surface area contributed by atoms with Crippen molar-refractivity contribution in [2.45, 2.75) is 19.4 Å². The number of hydrogen-bond acceptors (Lipinski definition) is 4. The van der Waals surface area contributed by atoms with Crippen LogP contribution in [0.15, 0.2) is 6.20 Å². The molecular formula is C11H16ClN6+. The Balaban J connectivity index is 2.17. The predicted octanol–water partition coefficient (Wildman–Crippen LogP) is 0.0939. The van der Waals surface area contributed by atoms with Crippen LogP contribution in [-0.2, 0) is 0 Å². The highest BCUT2D eigenvalue weighted by atomic mass is 35.5. The molecule has 3 heterocycles. The summed E-state index contributed by atoms with van der Waals surface area (Å²) in [5.74, 6) is 1.19. The van der Waals surface area contributed by atoms with E-state index in [2.05, 4.69) is 20.7 Å². The van der Waals surface area contributed by atoms with Gasteiger partial charge in [-0.1, -0.05) is 11.6 Å². The van der Waals surface area contributed by atoms with Crippen molar-refractivity contribution in [3.8, 4) is 0 Å². The van der Waals surface area contributed by atoms with Crippen molar-refractivity contribution < 1.29 is 5.73 Å². The molecule has 1 aliphatic rings. The maximum absolute atomic E-state index is 6.30. The van der Waals surface area contributed by atoms with Crippen LogP contribution in [0.3, 0.4) is 0 Å². The van der Waals surface area contributed by atoms with E-state index in [0.29, 0.717) is 16.9 Å². The van der Waals surface area contributed by atoms with Crippen molar-refractivity contribution in [2.75, 3.05) is 23.7 Å². The largest absolute Gasteiger partial charge is 0.382 e. The number of nitrogen functional groups attached to an aromatic ring is 1. The number of halogens is 1. The Morgan fingerprint density at radius 2 is 2.33 bits per heavy atom. The third-order valence-electron chi connectivity index (χ3n) is 3.37. The molecule has 0 aliphatic carbocycles. The zero-order chi connectivity index (χ0) is 12.9. The Labute approximate surface area is 110 Å². The van der Waals surface area contributed by atoms with E-state index < -0.39 is 0 Å². The number of hydrogen-bond donors (Lipinski definition) is 2. The minimum absolute atomic E-state index is 0.423. The number of anilines is 2. The minimum atomic E-state index is 0.423. The van der Waals surface area contributed by atoms with Crippen LogP contribution < -0.4 is 16.4 Å². The Morgan fingerprint density at radius 1 is 1.56 bits per heavy atom. The number of aryl methyl sites for hydroxylation is 1. The van der Waals surface area contributed by atoms with E-state index in [1.807, 2.05) is 6.92 Å². The Bertz CT molecular complexity index is 607. The molecule has 3 rings (SSSR count). The van der Waals surface area contributed by atoms with Gasteiger partial charge in [-0.25, -0.2) is 4.98 Å². The van der Waals surface area contributed by atoms with Gasteiger partial charge in [0.1, 0.15) is 16.9 Å². The van der Waals surface area contributed by atoms with Gasteiger partial charge in [0.2, 0.25) is 0 Å². The van der Waals surface area contributed by atoms with Gasteiger partial charge in [0, 0.05) is 18.5 Å². The topological polar surface area (TPSA) is 87.1 Å². The van der Waals surface area contributed by atoms with Crippen LogP contribution in [0.25, 0.3) is 5.65 Å². The van der Waals surface area contributed by atoms with Gasteiger partial charge in [0.15, 0.2) is 11.5 Å². The van der Waals surface area contributed by atoms with E-state index in [9.17, 15) is 0 Å². The number of nitrogens with two attached hydrogens (primary N) is 1. The summed E-state index contributed by atoms with van der Waals surface area (Å²) in [5.41, 5.74) is 11.8. The number of quaternary nitrogens is 1. The van der Waals surface area contributed by atoms with Crippen molar-refractivity contribution in [1.82, 2.24) is 14.6 Å². The molecule has 5 N–H and O–H groups in total. The summed E-state index contributed by atoms with van der Waals surface area (Å²) < 4.78 is 1.58. The number of nitrogens with zero attached hydrogens (tertiary/aromatic N) is 4. The lowest BCUT2D eigenvalue weighted by atomic mass is 10.3. The minimum Gasteiger partial charge on any atom is -0.382 e. The predicted molar refractivity (Wildman–Crippen MR) is 70.7 cm³/mol. The molecular weight excluding hydrogens is 252 g/mol. The van der Waals surface area contributed by atoms with E-state index >= 15 is 0 Å². The molecule has 18 heavy (non-hydrogen) atoms. The average molecular weight is 268 g/mol. The maximum Gasteiger partial charge on any atom is 0.162 e. The van der Waals surface area contributed by atoms with Crippen LogP contribution >= 0.6 is 11.6 Å². The zero-order valence-corrected chi connectivity index (χ0v) is 11.0. The fourth-order valence-electron chi connectivity index (χ4n) is 2.33. The summed E-state index contributed by atoms with van der Waals surface area (Å²) in [7, 11) is 0. The molecule has 2 aromatic heterocycles. The van der Waals surface area contributed by atoms with Gasteiger partial charge in [0.25, 0.3) is 0 Å². The summed E-state index contributed by atoms with van der Waals surface area (Å²) in [6, 6.07) is 0.423. The van der Waals surface area contributed by atoms with Crippen molar-refractivity contribution >= 4 is 28.9 Å². The van der Waals surface area contributed by atoms with E-state index in [1.54, 1.807) is 10.7 Å². The van der Waals surface area contributed by atoms with Gasteiger partial charge in [-0.3, -0.25) is 0 Å². The third-order valence-corrected chi connectivity index (χ3v) is 3.73. The summed E-state index contributed by atoms with van der Waals surface area (Å²) in [4.78, 5) is 6.74. The molecule has 6 nitrogen and oxygen atoms in total. The summed E-state index contributed by atoms with van der Waals surface area (Å²) >= 11 is 6.30. The van der Waals surface area contributed by atoms with Crippen LogP contribution in [0.5, 0.6) is 0 Å². The highest BCUT2D eigenvalue weighted by Crippen LogP contribution is 2.32. The fraction of sp³-hybridized carbons (Fsp3) is 0.455. The first-order chi connectivity index (χ1) is 8.58. The molecule has 1 fully saturated rings. The van der Waals surface area contributed by atoms with Crippen LogP contribution in [-0.4, -0.2) is 33.7 Å². The van der Waals surface area contributed by atoms with E-state index in [1.165, 1.54) is 0 Å². The Hall–Kier alpha value is -1.53. The molecule has 1 aliphatic heterocycles. The van der Waals surface area contributed by atoms with E-state index in [0.717, 1.165) is 36.5 Å². The molecule has 2 aromatic rings. The van der Waals surface area contributed by atoms with Gasteiger partial charge < -0.3 is 16.4 Å². The van der Waals surface area contributed by atoms with Crippen LogP contribution in [0, 0.1) is 6.92 Å². The normalized spacial score (nSPS) is 19.9. The lowest BCUT2D eigenvalue weighted by molar-refractivity contribution is -0.412. The van der Waals surface area contributed by atoms with Gasteiger partial charge >= 0.3 is 0 Å². The molecule has 1 atom stereocenters. The van der Waals surface area contributed by atoms with Crippen LogP contribution in [0.1, 0.15) is 12.0 Å². The fourth-order valence-corrected chi connectivity index (χ4v) is 2.57. The second-order valence-electron chi connectivity index (χ2n) is 4.80. The van der Waals surface area contributed by atoms with Crippen molar-refractivity contribution in [2.24, 2.45) is 0 Å². The molecule has 96 valence electrons. The zero-order valence-electron chi connectivity index (χ0n) is 10.2. The lowest BCUT2D eigenvalue weighted by Gasteiger charge is -2.18. The SMILES string of the molecule is Cc1cnn2c(N)c(Cl)c(N3CC[C@@H]([NH3+])C3)nc12. The third kappa shape index (κ3) is 1.60. The standard InChI is InChI=1S/C11H15ClN6/c1-6-4-15-18-9(14)8(12)11(16-10(6)18)17-3-2-7(13)5-17/h4,7H,2-3,5,13-14H2,1H3/p+1/t7-/m1/s1. The molecule has 0 amide bonds. The molecule has 0 saturated carbocycles. The monoisotopic (exact) mass is 267 g/mol. The van der Waals surface area contributed by atoms with Gasteiger partial charge in [0.05, 0.1) is 12.7 Å². The molecule has 0 spiro atoms. The number of rotatable bonds is 1. The van der Waals surface area contributed by atoms with Crippen molar-refractivity contribution in [3.63, 3.8) is 0 Å². The molecule has 0 aromatic carbocycles. The molecule has 0 radical (unpaired) electrons. The highest BCUT2D eigenvalue weighted by Gasteiger charge is 2.26. The molecule has 0 bridgehead atoms. The van der Waals surface area contributed by atoms with Gasteiger partial charge in [-0.2, -0.15) is 9.61 Å². The highest BCUT2D eigenvalue weighted by molar-refractivity contribution is 6.35. The second-order valence-corrected chi connectivity index (χ2v) is 5.18.